The Morgan fingerprint density at radius 1 is 1.39 bits per heavy atom. The van der Waals surface area contributed by atoms with Crippen molar-refractivity contribution in [1.82, 2.24) is 10.1 Å². The fourth-order valence-corrected chi connectivity index (χ4v) is 2.81. The third-order valence-electron chi connectivity index (χ3n) is 3.12. The van der Waals surface area contributed by atoms with E-state index in [2.05, 4.69) is 15.5 Å². The van der Waals surface area contributed by atoms with Crippen molar-refractivity contribution in [3.8, 4) is 11.3 Å². The summed E-state index contributed by atoms with van der Waals surface area (Å²) in [6.07, 6.45) is 0. The molecule has 1 aromatic carbocycles. The highest BCUT2D eigenvalue weighted by atomic mass is 35.5. The first-order chi connectivity index (χ1) is 11.0. The maximum atomic E-state index is 11.6. The van der Waals surface area contributed by atoms with E-state index >= 15 is 0 Å². The lowest BCUT2D eigenvalue weighted by atomic mass is 10.1. The molecule has 0 unspecified atom stereocenters. The predicted molar refractivity (Wildman–Crippen MR) is 88.1 cm³/mol. The molecule has 3 aromatic rings. The van der Waals surface area contributed by atoms with Gasteiger partial charge in [0.15, 0.2) is 17.1 Å². The Morgan fingerprint density at radius 3 is 2.74 bits per heavy atom. The molecule has 0 aliphatic rings. The van der Waals surface area contributed by atoms with Gasteiger partial charge in [0.1, 0.15) is 0 Å². The van der Waals surface area contributed by atoms with Crippen LogP contribution in [-0.2, 0) is 6.54 Å². The van der Waals surface area contributed by atoms with Crippen molar-refractivity contribution in [1.29, 1.82) is 0 Å². The molecule has 0 aliphatic carbocycles. The van der Waals surface area contributed by atoms with E-state index in [0.717, 1.165) is 10.7 Å². The molecule has 8 heteroatoms. The normalized spacial score (nSPS) is 10.7. The summed E-state index contributed by atoms with van der Waals surface area (Å²) in [7, 11) is 0. The van der Waals surface area contributed by atoms with Crippen LogP contribution in [0.4, 0.5) is 5.82 Å². The van der Waals surface area contributed by atoms with Gasteiger partial charge < -0.3 is 14.9 Å². The number of carboxylic acid groups (broad SMARTS) is 1. The van der Waals surface area contributed by atoms with E-state index < -0.39 is 5.97 Å². The topological polar surface area (TPSA) is 88.3 Å². The van der Waals surface area contributed by atoms with E-state index in [1.807, 2.05) is 12.3 Å². The first-order valence-corrected chi connectivity index (χ1v) is 7.94. The lowest BCUT2D eigenvalue weighted by molar-refractivity contribution is 0.0698. The van der Waals surface area contributed by atoms with Crippen LogP contribution in [0.15, 0.2) is 34.2 Å². The number of halogens is 1. The van der Waals surface area contributed by atoms with Crippen molar-refractivity contribution in [2.24, 2.45) is 0 Å². The van der Waals surface area contributed by atoms with Crippen LogP contribution >= 0.6 is 22.9 Å². The molecule has 2 aromatic heterocycles. The largest absolute Gasteiger partial charge is 0.477 e. The number of carbonyl (C=O) groups is 1. The van der Waals surface area contributed by atoms with Crippen LogP contribution in [0.3, 0.4) is 0 Å². The van der Waals surface area contributed by atoms with E-state index in [1.54, 1.807) is 24.3 Å². The number of hydrogen-bond donors (Lipinski definition) is 2. The average molecular weight is 350 g/mol. The van der Waals surface area contributed by atoms with E-state index in [-0.39, 0.29) is 17.1 Å². The Balaban J connectivity index is 1.89. The Morgan fingerprint density at radius 2 is 2.13 bits per heavy atom. The van der Waals surface area contributed by atoms with E-state index in [0.29, 0.717) is 17.1 Å². The second-order valence-electron chi connectivity index (χ2n) is 4.76. The highest BCUT2D eigenvalue weighted by Gasteiger charge is 2.23. The van der Waals surface area contributed by atoms with Crippen molar-refractivity contribution in [3.05, 3.63) is 50.9 Å². The number of aromatic nitrogens is 2. The number of hydrogen-bond acceptors (Lipinski definition) is 6. The fraction of sp³-hybridized carbons (Fsp3) is 0.133. The van der Waals surface area contributed by atoms with Gasteiger partial charge in [0.2, 0.25) is 0 Å². The van der Waals surface area contributed by atoms with Crippen LogP contribution in [0.1, 0.15) is 21.1 Å². The zero-order valence-corrected chi connectivity index (χ0v) is 13.6. The lowest BCUT2D eigenvalue weighted by Crippen LogP contribution is -2.06. The predicted octanol–water partition coefficient (Wildman–Crippen LogP) is 4.07. The van der Waals surface area contributed by atoms with E-state index in [9.17, 15) is 9.90 Å². The summed E-state index contributed by atoms with van der Waals surface area (Å²) in [6.45, 7) is 2.28. The summed E-state index contributed by atoms with van der Waals surface area (Å²) in [5.41, 5.74) is 1.40. The highest BCUT2D eigenvalue weighted by Crippen LogP contribution is 2.30. The Hall–Kier alpha value is -2.38. The van der Waals surface area contributed by atoms with Crippen LogP contribution in [0.25, 0.3) is 11.3 Å². The SMILES string of the molecule is Cc1nc(CNc2noc(-c3ccc(Cl)cc3)c2C(=O)O)cs1. The molecule has 0 fully saturated rings. The van der Waals surface area contributed by atoms with Gasteiger partial charge in [0.05, 0.1) is 17.2 Å². The van der Waals surface area contributed by atoms with Gasteiger partial charge in [-0.25, -0.2) is 9.78 Å². The monoisotopic (exact) mass is 349 g/mol. The zero-order valence-electron chi connectivity index (χ0n) is 12.0. The number of anilines is 1. The molecule has 0 radical (unpaired) electrons. The maximum Gasteiger partial charge on any atom is 0.343 e. The number of thiazole rings is 1. The maximum absolute atomic E-state index is 11.6. The molecular formula is C15H12ClN3O3S. The number of nitrogens with zero attached hydrogens (tertiary/aromatic N) is 2. The van der Waals surface area contributed by atoms with Gasteiger partial charge in [-0.3, -0.25) is 0 Å². The summed E-state index contributed by atoms with van der Waals surface area (Å²) in [5.74, 6) is -0.757. The van der Waals surface area contributed by atoms with Crippen molar-refractivity contribution in [3.63, 3.8) is 0 Å². The van der Waals surface area contributed by atoms with Crippen molar-refractivity contribution >= 4 is 34.7 Å². The van der Waals surface area contributed by atoms with Crippen LogP contribution in [0.5, 0.6) is 0 Å². The second-order valence-corrected chi connectivity index (χ2v) is 6.26. The Labute approximate surface area is 140 Å². The summed E-state index contributed by atoms with van der Waals surface area (Å²) >= 11 is 7.38. The van der Waals surface area contributed by atoms with Gasteiger partial charge in [-0.1, -0.05) is 16.8 Å². The standard InChI is InChI=1S/C15H12ClN3O3S/c1-8-18-11(7-23-8)6-17-14-12(15(20)21)13(22-19-14)9-2-4-10(16)5-3-9/h2-5,7H,6H2,1H3,(H,17,19)(H,20,21). The molecule has 0 saturated heterocycles. The summed E-state index contributed by atoms with van der Waals surface area (Å²) in [6, 6.07) is 6.69. The molecule has 118 valence electrons. The number of aryl methyl sites for hydroxylation is 1. The average Bonchev–Trinajstić information content (AvgIpc) is 3.12. The van der Waals surface area contributed by atoms with Crippen molar-refractivity contribution < 1.29 is 14.4 Å². The first kappa shape index (κ1) is 15.5. The highest BCUT2D eigenvalue weighted by molar-refractivity contribution is 7.09. The van der Waals surface area contributed by atoms with Gasteiger partial charge in [-0.2, -0.15) is 0 Å². The fourth-order valence-electron chi connectivity index (χ4n) is 2.07. The quantitative estimate of drug-likeness (QED) is 0.721. The molecule has 0 bridgehead atoms. The molecule has 23 heavy (non-hydrogen) atoms. The minimum Gasteiger partial charge on any atom is -0.477 e. The summed E-state index contributed by atoms with van der Waals surface area (Å²) < 4.78 is 5.22. The van der Waals surface area contributed by atoms with Crippen LogP contribution in [-0.4, -0.2) is 21.2 Å². The van der Waals surface area contributed by atoms with E-state index in [4.69, 9.17) is 16.1 Å². The summed E-state index contributed by atoms with van der Waals surface area (Å²) in [5, 5.41) is 19.7. The smallest absolute Gasteiger partial charge is 0.343 e. The number of aromatic carboxylic acids is 1. The number of carboxylic acids is 1. The third kappa shape index (κ3) is 3.35. The third-order valence-corrected chi connectivity index (χ3v) is 4.19. The minimum atomic E-state index is -1.12. The van der Waals surface area contributed by atoms with Gasteiger partial charge in [0.25, 0.3) is 0 Å². The minimum absolute atomic E-state index is 0.0146. The lowest BCUT2D eigenvalue weighted by Gasteiger charge is -2.02. The van der Waals surface area contributed by atoms with Crippen LogP contribution in [0.2, 0.25) is 5.02 Å². The van der Waals surface area contributed by atoms with Gasteiger partial charge >= 0.3 is 5.97 Å². The number of nitrogens with one attached hydrogen (secondary N) is 1. The first-order valence-electron chi connectivity index (χ1n) is 6.68. The van der Waals surface area contributed by atoms with Crippen LogP contribution in [0, 0.1) is 6.92 Å². The van der Waals surface area contributed by atoms with Gasteiger partial charge in [-0.15, -0.1) is 11.3 Å². The van der Waals surface area contributed by atoms with Gasteiger partial charge in [0, 0.05) is 16.0 Å². The number of rotatable bonds is 5. The summed E-state index contributed by atoms with van der Waals surface area (Å²) in [4.78, 5) is 15.9. The molecule has 0 aliphatic heterocycles. The second kappa shape index (κ2) is 6.39. The molecule has 2 N–H and O–H groups in total. The van der Waals surface area contributed by atoms with E-state index in [1.165, 1.54) is 11.3 Å². The zero-order chi connectivity index (χ0) is 16.4. The molecule has 3 rings (SSSR count). The number of benzene rings is 1. The van der Waals surface area contributed by atoms with Crippen LogP contribution < -0.4 is 5.32 Å². The van der Waals surface area contributed by atoms with Crippen molar-refractivity contribution in [2.45, 2.75) is 13.5 Å². The van der Waals surface area contributed by atoms with Gasteiger partial charge in [-0.05, 0) is 31.2 Å². The Bertz CT molecular complexity index is 842. The molecular weight excluding hydrogens is 338 g/mol. The molecule has 0 spiro atoms. The Kier molecular flexibility index (Phi) is 4.31. The molecule has 6 nitrogen and oxygen atoms in total. The molecule has 0 saturated carbocycles. The molecule has 0 amide bonds. The molecule has 0 atom stereocenters. The van der Waals surface area contributed by atoms with Crippen molar-refractivity contribution in [2.75, 3.05) is 5.32 Å². The molecule has 2 heterocycles.